The number of hydrogen-bond acceptors (Lipinski definition) is 4. The molecule has 4 nitrogen and oxygen atoms in total. The highest BCUT2D eigenvalue weighted by Crippen LogP contribution is 2.24. The molecule has 0 spiro atoms. The minimum absolute atomic E-state index is 0.0147. The molecule has 0 bridgehead atoms. The lowest BCUT2D eigenvalue weighted by Crippen LogP contribution is -2.23. The van der Waals surface area contributed by atoms with E-state index in [0.717, 1.165) is 22.8 Å². The van der Waals surface area contributed by atoms with Gasteiger partial charge in [-0.3, -0.25) is 5.32 Å². The summed E-state index contributed by atoms with van der Waals surface area (Å²) in [7, 11) is 0. The Morgan fingerprint density at radius 2 is 2.00 bits per heavy atom. The fourth-order valence-corrected chi connectivity index (χ4v) is 2.25. The lowest BCUT2D eigenvalue weighted by molar-refractivity contribution is 0.325. The van der Waals surface area contributed by atoms with Crippen LogP contribution in [0.4, 0.5) is 0 Å². The topological polar surface area (TPSA) is 51.0 Å². The summed E-state index contributed by atoms with van der Waals surface area (Å²) in [6, 6.07) is 7.90. The largest absolute Gasteiger partial charge is 0.338 e. The molecule has 2 unspecified atom stereocenters. The molecule has 19 heavy (non-hydrogen) atoms. The van der Waals surface area contributed by atoms with Gasteiger partial charge in [-0.2, -0.15) is 4.98 Å². The monoisotopic (exact) mass is 279 g/mol. The highest BCUT2D eigenvalue weighted by Gasteiger charge is 2.17. The Kier molecular flexibility index (Phi) is 4.56. The molecule has 2 aromatic rings. The number of aromatic nitrogens is 2. The molecule has 1 heterocycles. The molecule has 0 aliphatic heterocycles. The minimum Gasteiger partial charge on any atom is -0.338 e. The minimum atomic E-state index is -0.0147. The first-order valence-electron chi connectivity index (χ1n) is 6.44. The number of halogens is 1. The van der Waals surface area contributed by atoms with E-state index < -0.39 is 0 Å². The second-order valence-corrected chi connectivity index (χ2v) is 4.94. The van der Waals surface area contributed by atoms with Crippen LogP contribution in [0.5, 0.6) is 0 Å². The third-order valence-electron chi connectivity index (χ3n) is 3.04. The molecule has 0 aliphatic rings. The molecular formula is C14H18ClN3O. The fraction of sp³-hybridized carbons (Fsp3) is 0.429. The maximum atomic E-state index is 6.18. The molecule has 1 aromatic carbocycles. The van der Waals surface area contributed by atoms with E-state index in [2.05, 4.69) is 22.4 Å². The molecule has 0 fully saturated rings. The predicted molar refractivity (Wildman–Crippen MR) is 75.1 cm³/mol. The van der Waals surface area contributed by atoms with E-state index in [1.54, 1.807) is 0 Å². The van der Waals surface area contributed by atoms with Crippen molar-refractivity contribution in [2.75, 3.05) is 0 Å². The SMILES string of the molecule is CCc1noc(C(C)NC(C)c2ccccc2Cl)n1. The summed E-state index contributed by atoms with van der Waals surface area (Å²) in [5, 5.41) is 8.07. The van der Waals surface area contributed by atoms with Crippen molar-refractivity contribution in [2.24, 2.45) is 0 Å². The molecule has 0 saturated carbocycles. The normalized spacial score (nSPS) is 14.3. The van der Waals surface area contributed by atoms with E-state index in [0.29, 0.717) is 5.89 Å². The smallest absolute Gasteiger partial charge is 0.243 e. The number of benzene rings is 1. The summed E-state index contributed by atoms with van der Waals surface area (Å²) in [6.45, 7) is 6.06. The van der Waals surface area contributed by atoms with Crippen molar-refractivity contribution in [1.29, 1.82) is 0 Å². The van der Waals surface area contributed by atoms with Crippen molar-refractivity contribution in [1.82, 2.24) is 15.5 Å². The van der Waals surface area contributed by atoms with Crippen LogP contribution in [-0.2, 0) is 6.42 Å². The van der Waals surface area contributed by atoms with Gasteiger partial charge in [-0.15, -0.1) is 0 Å². The third kappa shape index (κ3) is 3.33. The molecule has 0 radical (unpaired) electrons. The van der Waals surface area contributed by atoms with Crippen LogP contribution in [0.3, 0.4) is 0 Å². The molecule has 2 rings (SSSR count). The average molecular weight is 280 g/mol. The van der Waals surface area contributed by atoms with E-state index >= 15 is 0 Å². The Bertz CT molecular complexity index is 541. The van der Waals surface area contributed by atoms with Gasteiger partial charge in [-0.1, -0.05) is 41.9 Å². The summed E-state index contributed by atoms with van der Waals surface area (Å²) < 4.78 is 5.23. The highest BCUT2D eigenvalue weighted by molar-refractivity contribution is 6.31. The molecule has 0 amide bonds. The summed E-state index contributed by atoms with van der Waals surface area (Å²) in [5.41, 5.74) is 1.06. The van der Waals surface area contributed by atoms with Crippen molar-refractivity contribution in [3.63, 3.8) is 0 Å². The molecule has 1 N–H and O–H groups in total. The van der Waals surface area contributed by atoms with E-state index in [1.807, 2.05) is 38.1 Å². The van der Waals surface area contributed by atoms with Gasteiger partial charge in [-0.25, -0.2) is 0 Å². The zero-order valence-electron chi connectivity index (χ0n) is 11.4. The van der Waals surface area contributed by atoms with Crippen LogP contribution >= 0.6 is 11.6 Å². The van der Waals surface area contributed by atoms with Crippen molar-refractivity contribution in [3.8, 4) is 0 Å². The molecule has 2 atom stereocenters. The van der Waals surface area contributed by atoms with Crippen molar-refractivity contribution in [2.45, 2.75) is 39.3 Å². The van der Waals surface area contributed by atoms with Gasteiger partial charge in [0.05, 0.1) is 6.04 Å². The van der Waals surface area contributed by atoms with Crippen LogP contribution in [0.15, 0.2) is 28.8 Å². The third-order valence-corrected chi connectivity index (χ3v) is 3.39. The first-order valence-corrected chi connectivity index (χ1v) is 6.82. The number of nitrogens with one attached hydrogen (secondary N) is 1. The van der Waals surface area contributed by atoms with Gasteiger partial charge >= 0.3 is 0 Å². The Balaban J connectivity index is 2.06. The van der Waals surface area contributed by atoms with Gasteiger partial charge in [0.25, 0.3) is 0 Å². The molecule has 102 valence electrons. The van der Waals surface area contributed by atoms with Crippen LogP contribution in [0.25, 0.3) is 0 Å². The summed E-state index contributed by atoms with van der Waals surface area (Å²) in [6.07, 6.45) is 0.774. The van der Waals surface area contributed by atoms with E-state index in [4.69, 9.17) is 16.1 Å². The van der Waals surface area contributed by atoms with Gasteiger partial charge in [-0.05, 0) is 25.5 Å². The van der Waals surface area contributed by atoms with E-state index in [-0.39, 0.29) is 12.1 Å². The van der Waals surface area contributed by atoms with Gasteiger partial charge in [0.15, 0.2) is 5.82 Å². The molecular weight excluding hydrogens is 262 g/mol. The number of hydrogen-bond donors (Lipinski definition) is 1. The average Bonchev–Trinajstić information content (AvgIpc) is 2.88. The van der Waals surface area contributed by atoms with Crippen molar-refractivity contribution in [3.05, 3.63) is 46.6 Å². The molecule has 0 saturated heterocycles. The second-order valence-electron chi connectivity index (χ2n) is 4.53. The molecule has 0 aliphatic carbocycles. The predicted octanol–water partition coefficient (Wildman–Crippen LogP) is 3.70. The summed E-state index contributed by atoms with van der Waals surface area (Å²) in [5.74, 6) is 1.34. The second kappa shape index (κ2) is 6.17. The Hall–Kier alpha value is -1.39. The van der Waals surface area contributed by atoms with Gasteiger partial charge in [0.2, 0.25) is 5.89 Å². The van der Waals surface area contributed by atoms with E-state index in [9.17, 15) is 0 Å². The maximum absolute atomic E-state index is 6.18. The summed E-state index contributed by atoms with van der Waals surface area (Å²) in [4.78, 5) is 4.32. The standard InChI is InChI=1S/C14H18ClN3O/c1-4-13-17-14(19-18-13)10(3)16-9(2)11-7-5-6-8-12(11)15/h5-10,16H,4H2,1-3H3. The van der Waals surface area contributed by atoms with Crippen LogP contribution in [-0.4, -0.2) is 10.1 Å². The quantitative estimate of drug-likeness (QED) is 0.907. The van der Waals surface area contributed by atoms with E-state index in [1.165, 1.54) is 0 Å². The zero-order valence-corrected chi connectivity index (χ0v) is 12.1. The van der Waals surface area contributed by atoms with Gasteiger partial charge in [0, 0.05) is 17.5 Å². The fourth-order valence-electron chi connectivity index (χ4n) is 1.95. The lowest BCUT2D eigenvalue weighted by Gasteiger charge is -2.18. The zero-order chi connectivity index (χ0) is 13.8. The van der Waals surface area contributed by atoms with Crippen LogP contribution in [0.2, 0.25) is 5.02 Å². The maximum Gasteiger partial charge on any atom is 0.243 e. The number of rotatable bonds is 5. The van der Waals surface area contributed by atoms with Crippen molar-refractivity contribution < 1.29 is 4.52 Å². The first-order chi connectivity index (χ1) is 9.11. The Labute approximate surface area is 118 Å². The highest BCUT2D eigenvalue weighted by atomic mass is 35.5. The van der Waals surface area contributed by atoms with Gasteiger partial charge in [0.1, 0.15) is 0 Å². The number of aryl methyl sites for hydroxylation is 1. The molecule has 1 aromatic heterocycles. The Morgan fingerprint density at radius 3 is 2.63 bits per heavy atom. The number of nitrogens with zero attached hydrogens (tertiary/aromatic N) is 2. The Morgan fingerprint density at radius 1 is 1.26 bits per heavy atom. The van der Waals surface area contributed by atoms with Crippen LogP contribution < -0.4 is 5.32 Å². The summed E-state index contributed by atoms with van der Waals surface area (Å²) >= 11 is 6.18. The lowest BCUT2D eigenvalue weighted by atomic mass is 10.1. The molecule has 5 heteroatoms. The first kappa shape index (κ1) is 14.0. The van der Waals surface area contributed by atoms with Crippen LogP contribution in [0.1, 0.15) is 50.1 Å². The van der Waals surface area contributed by atoms with Crippen LogP contribution in [0, 0.1) is 0 Å². The van der Waals surface area contributed by atoms with Gasteiger partial charge < -0.3 is 4.52 Å². The van der Waals surface area contributed by atoms with Crippen molar-refractivity contribution >= 4 is 11.6 Å².